The molecule has 0 bridgehead atoms. The Labute approximate surface area is 157 Å². The van der Waals surface area contributed by atoms with Crippen molar-refractivity contribution in [1.29, 1.82) is 0 Å². The number of hydrogen-bond donors (Lipinski definition) is 2. The summed E-state index contributed by atoms with van der Waals surface area (Å²) >= 11 is 0. The first kappa shape index (κ1) is 19.9. The lowest BCUT2D eigenvalue weighted by Crippen LogP contribution is -2.35. The van der Waals surface area contributed by atoms with Gasteiger partial charge in [0.1, 0.15) is 5.82 Å². The van der Waals surface area contributed by atoms with Crippen LogP contribution in [0.15, 0.2) is 48.5 Å². The molecule has 0 spiro atoms. The minimum Gasteiger partial charge on any atom is -0.326 e. The Morgan fingerprint density at radius 1 is 1.15 bits per heavy atom. The summed E-state index contributed by atoms with van der Waals surface area (Å²) in [6.45, 7) is 2.36. The predicted molar refractivity (Wildman–Crippen MR) is 101 cm³/mol. The summed E-state index contributed by atoms with van der Waals surface area (Å²) < 4.78 is 13.1. The van der Waals surface area contributed by atoms with Crippen molar-refractivity contribution in [3.8, 4) is 0 Å². The van der Waals surface area contributed by atoms with Gasteiger partial charge in [-0.05, 0) is 36.8 Å². The lowest BCUT2D eigenvalue weighted by atomic mass is 9.95. The molecule has 3 rings (SSSR count). The van der Waals surface area contributed by atoms with E-state index >= 15 is 0 Å². The fourth-order valence-corrected chi connectivity index (χ4v) is 3.08. The van der Waals surface area contributed by atoms with E-state index < -0.39 is 0 Å². The largest absolute Gasteiger partial charge is 0.326 e. The highest BCUT2D eigenvalue weighted by Gasteiger charge is 2.34. The highest BCUT2D eigenvalue weighted by atomic mass is 35.5. The van der Waals surface area contributed by atoms with Crippen LogP contribution in [0.1, 0.15) is 28.8 Å². The number of rotatable bonds is 3. The molecule has 2 aromatic rings. The molecule has 2 amide bonds. The molecule has 7 heteroatoms. The summed E-state index contributed by atoms with van der Waals surface area (Å²) in [5.74, 6) is -0.388. The molecular formula is C19H21ClFN3O2. The zero-order valence-corrected chi connectivity index (χ0v) is 15.1. The van der Waals surface area contributed by atoms with Crippen molar-refractivity contribution in [3.63, 3.8) is 0 Å². The maximum absolute atomic E-state index is 13.1. The zero-order valence-electron chi connectivity index (χ0n) is 14.3. The van der Waals surface area contributed by atoms with Crippen LogP contribution in [0.4, 0.5) is 14.9 Å². The number of anilines is 1. The van der Waals surface area contributed by atoms with Gasteiger partial charge in [0.25, 0.3) is 0 Å². The van der Waals surface area contributed by atoms with Crippen molar-refractivity contribution >= 4 is 29.9 Å². The van der Waals surface area contributed by atoms with Crippen molar-refractivity contribution in [3.05, 3.63) is 65.5 Å². The number of halogens is 2. The van der Waals surface area contributed by atoms with Gasteiger partial charge in [0.05, 0.1) is 0 Å². The molecule has 1 fully saturated rings. The van der Waals surface area contributed by atoms with Crippen molar-refractivity contribution in [2.45, 2.75) is 18.9 Å². The molecular weight excluding hydrogens is 357 g/mol. The Hall–Kier alpha value is -2.44. The molecule has 1 aliphatic rings. The molecule has 5 nitrogen and oxygen atoms in total. The number of Topliss-reactive ketones (excluding diaryl/α,β-unsaturated/α-hetero) is 1. The minimum absolute atomic E-state index is 0. The van der Waals surface area contributed by atoms with Crippen LogP contribution in [0.25, 0.3) is 0 Å². The van der Waals surface area contributed by atoms with Gasteiger partial charge in [0.2, 0.25) is 0 Å². The number of carbonyl (C=O) groups is 2. The molecule has 1 heterocycles. The Morgan fingerprint density at radius 2 is 1.85 bits per heavy atom. The van der Waals surface area contributed by atoms with Gasteiger partial charge in [0.15, 0.2) is 5.78 Å². The molecule has 1 aliphatic heterocycles. The van der Waals surface area contributed by atoms with Crippen LogP contribution in [0.2, 0.25) is 0 Å². The van der Waals surface area contributed by atoms with E-state index in [1.54, 1.807) is 41.3 Å². The quantitative estimate of drug-likeness (QED) is 0.805. The normalized spacial score (nSPS) is 19.0. The predicted octanol–water partition coefficient (Wildman–Crippen LogP) is 3.41. The smallest absolute Gasteiger partial charge is 0.321 e. The maximum Gasteiger partial charge on any atom is 0.321 e. The van der Waals surface area contributed by atoms with E-state index in [9.17, 15) is 14.0 Å². The Balaban J connectivity index is 0.00000243. The molecule has 2 aromatic carbocycles. The van der Waals surface area contributed by atoms with E-state index in [1.807, 2.05) is 0 Å². The highest BCUT2D eigenvalue weighted by Crippen LogP contribution is 2.27. The number of benzene rings is 2. The second-order valence-corrected chi connectivity index (χ2v) is 6.29. The van der Waals surface area contributed by atoms with Gasteiger partial charge in [0, 0.05) is 36.3 Å². The van der Waals surface area contributed by atoms with E-state index in [0.29, 0.717) is 24.3 Å². The number of nitrogens with two attached hydrogens (primary N) is 1. The summed E-state index contributed by atoms with van der Waals surface area (Å²) in [6.07, 6.45) is 0. The lowest BCUT2D eigenvalue weighted by molar-refractivity contribution is 0.101. The van der Waals surface area contributed by atoms with E-state index in [2.05, 4.69) is 5.32 Å². The maximum atomic E-state index is 13.1. The minimum atomic E-state index is -0.296. The number of nitrogens with zero attached hydrogens (tertiary/aromatic N) is 1. The number of nitrogens with one attached hydrogen (secondary N) is 1. The van der Waals surface area contributed by atoms with Gasteiger partial charge < -0.3 is 16.0 Å². The molecule has 0 radical (unpaired) electrons. The molecule has 0 aliphatic carbocycles. The van der Waals surface area contributed by atoms with Crippen molar-refractivity contribution in [2.24, 2.45) is 5.73 Å². The monoisotopic (exact) mass is 377 g/mol. The van der Waals surface area contributed by atoms with Crippen molar-refractivity contribution in [2.75, 3.05) is 18.4 Å². The summed E-state index contributed by atoms with van der Waals surface area (Å²) in [5, 5.41) is 2.80. The van der Waals surface area contributed by atoms with Crippen LogP contribution in [-0.2, 0) is 0 Å². The molecule has 26 heavy (non-hydrogen) atoms. The average molecular weight is 378 g/mol. The summed E-state index contributed by atoms with van der Waals surface area (Å²) in [6, 6.07) is 12.6. The average Bonchev–Trinajstić information content (AvgIpc) is 2.98. The van der Waals surface area contributed by atoms with E-state index in [1.165, 1.54) is 19.1 Å². The molecule has 0 unspecified atom stereocenters. The van der Waals surface area contributed by atoms with Crippen LogP contribution in [0.3, 0.4) is 0 Å². The number of hydrogen-bond acceptors (Lipinski definition) is 3. The standard InChI is InChI=1S/C19H20FN3O2.ClH/c1-12(24)14-3-2-4-16(9-14)22-19(25)23-10-17(18(21)11-23)13-5-7-15(20)8-6-13;/h2-9,17-18H,10-11,21H2,1H3,(H,22,25);1H/t17-,18+;/m0./s1. The van der Waals surface area contributed by atoms with E-state index in [-0.39, 0.29) is 42.0 Å². The fraction of sp³-hybridized carbons (Fsp3) is 0.263. The molecule has 138 valence electrons. The number of carbonyl (C=O) groups excluding carboxylic acids is 2. The second-order valence-electron chi connectivity index (χ2n) is 6.29. The molecule has 0 aromatic heterocycles. The lowest BCUT2D eigenvalue weighted by Gasteiger charge is -2.17. The zero-order chi connectivity index (χ0) is 18.0. The van der Waals surface area contributed by atoms with Gasteiger partial charge in [-0.15, -0.1) is 12.4 Å². The van der Waals surface area contributed by atoms with Crippen LogP contribution in [0.5, 0.6) is 0 Å². The Morgan fingerprint density at radius 3 is 2.50 bits per heavy atom. The van der Waals surface area contributed by atoms with Crippen LogP contribution in [0, 0.1) is 5.82 Å². The van der Waals surface area contributed by atoms with Gasteiger partial charge in [-0.3, -0.25) is 4.79 Å². The Bertz CT molecular complexity index is 798. The molecule has 0 saturated carbocycles. The summed E-state index contributed by atoms with van der Waals surface area (Å²) in [5.41, 5.74) is 8.20. The SMILES string of the molecule is CC(=O)c1cccc(NC(=O)N2C[C@@H](N)[C@H](c3ccc(F)cc3)C2)c1.Cl. The van der Waals surface area contributed by atoms with Crippen molar-refractivity contribution < 1.29 is 14.0 Å². The highest BCUT2D eigenvalue weighted by molar-refractivity contribution is 5.96. The van der Waals surface area contributed by atoms with Gasteiger partial charge in [-0.25, -0.2) is 9.18 Å². The third kappa shape index (κ3) is 4.39. The number of urea groups is 1. The van der Waals surface area contributed by atoms with E-state index in [0.717, 1.165) is 5.56 Å². The molecule has 3 N–H and O–H groups in total. The third-order valence-electron chi connectivity index (χ3n) is 4.47. The van der Waals surface area contributed by atoms with Crippen LogP contribution < -0.4 is 11.1 Å². The third-order valence-corrected chi connectivity index (χ3v) is 4.47. The molecule has 2 atom stereocenters. The summed E-state index contributed by atoms with van der Waals surface area (Å²) in [4.78, 5) is 25.6. The topological polar surface area (TPSA) is 75.4 Å². The van der Waals surface area contributed by atoms with Crippen LogP contribution >= 0.6 is 12.4 Å². The first-order chi connectivity index (χ1) is 11.9. The van der Waals surface area contributed by atoms with Crippen molar-refractivity contribution in [1.82, 2.24) is 4.90 Å². The first-order valence-corrected chi connectivity index (χ1v) is 8.12. The fourth-order valence-electron chi connectivity index (χ4n) is 3.08. The Kier molecular flexibility index (Phi) is 6.34. The number of likely N-dealkylation sites (tertiary alicyclic amines) is 1. The van der Waals surface area contributed by atoms with Gasteiger partial charge in [-0.1, -0.05) is 24.3 Å². The molecule has 1 saturated heterocycles. The summed E-state index contributed by atoms with van der Waals surface area (Å²) in [7, 11) is 0. The van der Waals surface area contributed by atoms with Gasteiger partial charge >= 0.3 is 6.03 Å². The van der Waals surface area contributed by atoms with Crippen LogP contribution in [-0.4, -0.2) is 35.8 Å². The number of amides is 2. The second kappa shape index (κ2) is 8.29. The van der Waals surface area contributed by atoms with E-state index in [4.69, 9.17) is 5.73 Å². The first-order valence-electron chi connectivity index (χ1n) is 8.12. The van der Waals surface area contributed by atoms with Gasteiger partial charge in [-0.2, -0.15) is 0 Å². The number of ketones is 1.